The fourth-order valence-electron chi connectivity index (χ4n) is 2.35. The predicted molar refractivity (Wildman–Crippen MR) is 87.2 cm³/mol. The molecule has 0 saturated carbocycles. The SMILES string of the molecule is CCOc1ccc(Br)cc1C(Cc1cccc(F)c1)NC. The van der Waals surface area contributed by atoms with E-state index < -0.39 is 0 Å². The van der Waals surface area contributed by atoms with Gasteiger partial charge >= 0.3 is 0 Å². The Morgan fingerprint density at radius 1 is 1.24 bits per heavy atom. The van der Waals surface area contributed by atoms with Crippen molar-refractivity contribution in [3.63, 3.8) is 0 Å². The zero-order chi connectivity index (χ0) is 15.2. The number of likely N-dealkylation sites (N-methyl/N-ethyl adjacent to an activating group) is 1. The summed E-state index contributed by atoms with van der Waals surface area (Å²) in [5.74, 6) is 0.651. The van der Waals surface area contributed by atoms with Crippen molar-refractivity contribution in [2.45, 2.75) is 19.4 Å². The normalized spacial score (nSPS) is 12.2. The highest BCUT2D eigenvalue weighted by Crippen LogP contribution is 2.30. The van der Waals surface area contributed by atoms with E-state index in [9.17, 15) is 4.39 Å². The summed E-state index contributed by atoms with van der Waals surface area (Å²) in [6, 6.07) is 12.7. The summed E-state index contributed by atoms with van der Waals surface area (Å²) < 4.78 is 20.0. The zero-order valence-electron chi connectivity index (χ0n) is 12.2. The molecule has 0 amide bonds. The maximum atomic E-state index is 13.3. The summed E-state index contributed by atoms with van der Waals surface area (Å²) in [6.45, 7) is 2.58. The van der Waals surface area contributed by atoms with Crippen LogP contribution in [-0.4, -0.2) is 13.7 Å². The van der Waals surface area contributed by atoms with Crippen LogP contribution < -0.4 is 10.1 Å². The van der Waals surface area contributed by atoms with Gasteiger partial charge < -0.3 is 10.1 Å². The van der Waals surface area contributed by atoms with E-state index in [1.807, 2.05) is 38.2 Å². The van der Waals surface area contributed by atoms with Gasteiger partial charge in [-0.15, -0.1) is 0 Å². The Balaban J connectivity index is 2.30. The fraction of sp³-hybridized carbons (Fsp3) is 0.294. The van der Waals surface area contributed by atoms with Gasteiger partial charge in [-0.3, -0.25) is 0 Å². The molecule has 0 aliphatic rings. The Kier molecular flexibility index (Phi) is 5.76. The lowest BCUT2D eigenvalue weighted by atomic mass is 9.98. The lowest BCUT2D eigenvalue weighted by molar-refractivity contribution is 0.332. The molecule has 2 rings (SSSR count). The Labute approximate surface area is 133 Å². The van der Waals surface area contributed by atoms with E-state index >= 15 is 0 Å². The first-order chi connectivity index (χ1) is 10.1. The first kappa shape index (κ1) is 16.0. The van der Waals surface area contributed by atoms with E-state index in [-0.39, 0.29) is 11.9 Å². The molecule has 0 radical (unpaired) electrons. The summed E-state index contributed by atoms with van der Waals surface area (Å²) in [5, 5.41) is 3.29. The number of hydrogen-bond acceptors (Lipinski definition) is 2. The van der Waals surface area contributed by atoms with Gasteiger partial charge in [-0.1, -0.05) is 28.1 Å². The lowest BCUT2D eigenvalue weighted by Crippen LogP contribution is -2.20. The molecule has 0 fully saturated rings. The molecular formula is C17H19BrFNO. The molecular weight excluding hydrogens is 333 g/mol. The minimum atomic E-state index is -0.207. The van der Waals surface area contributed by atoms with Crippen molar-refractivity contribution >= 4 is 15.9 Å². The molecule has 0 aliphatic carbocycles. The van der Waals surface area contributed by atoms with Crippen LogP contribution in [0.3, 0.4) is 0 Å². The number of halogens is 2. The average Bonchev–Trinajstić information content (AvgIpc) is 2.47. The number of hydrogen-bond donors (Lipinski definition) is 1. The fourth-order valence-corrected chi connectivity index (χ4v) is 2.72. The molecule has 0 saturated heterocycles. The largest absolute Gasteiger partial charge is 0.494 e. The molecule has 1 atom stereocenters. The molecule has 2 aromatic carbocycles. The molecule has 112 valence electrons. The Morgan fingerprint density at radius 3 is 2.71 bits per heavy atom. The quantitative estimate of drug-likeness (QED) is 0.827. The van der Waals surface area contributed by atoms with Gasteiger partial charge in [0, 0.05) is 16.1 Å². The van der Waals surface area contributed by atoms with Gasteiger partial charge in [-0.05, 0) is 56.3 Å². The third-order valence-electron chi connectivity index (χ3n) is 3.32. The number of ether oxygens (including phenoxy) is 1. The van der Waals surface area contributed by atoms with Crippen molar-refractivity contribution in [3.05, 3.63) is 63.9 Å². The first-order valence-electron chi connectivity index (χ1n) is 6.98. The third-order valence-corrected chi connectivity index (χ3v) is 3.82. The molecule has 0 heterocycles. The molecule has 0 bridgehead atoms. The minimum absolute atomic E-state index is 0.0610. The van der Waals surface area contributed by atoms with E-state index in [1.165, 1.54) is 6.07 Å². The highest BCUT2D eigenvalue weighted by molar-refractivity contribution is 9.10. The van der Waals surface area contributed by atoms with Gasteiger partial charge in [0.1, 0.15) is 11.6 Å². The Morgan fingerprint density at radius 2 is 2.05 bits per heavy atom. The first-order valence-corrected chi connectivity index (χ1v) is 7.77. The standard InChI is InChI=1S/C17H19BrFNO/c1-3-21-17-8-7-13(18)11-15(17)16(20-2)10-12-5-4-6-14(19)9-12/h4-9,11,16,20H,3,10H2,1-2H3. The zero-order valence-corrected chi connectivity index (χ0v) is 13.8. The maximum absolute atomic E-state index is 13.3. The molecule has 1 N–H and O–H groups in total. The second kappa shape index (κ2) is 7.57. The summed E-state index contributed by atoms with van der Waals surface area (Å²) in [7, 11) is 1.90. The van der Waals surface area contributed by atoms with Crippen LogP contribution in [0.15, 0.2) is 46.9 Å². The average molecular weight is 352 g/mol. The van der Waals surface area contributed by atoms with E-state index in [0.29, 0.717) is 13.0 Å². The van der Waals surface area contributed by atoms with E-state index in [2.05, 4.69) is 21.2 Å². The third kappa shape index (κ3) is 4.29. The smallest absolute Gasteiger partial charge is 0.124 e. The van der Waals surface area contributed by atoms with Crippen LogP contribution in [0.25, 0.3) is 0 Å². The molecule has 4 heteroatoms. The van der Waals surface area contributed by atoms with Gasteiger partial charge in [0.05, 0.1) is 6.61 Å². The van der Waals surface area contributed by atoms with Gasteiger partial charge in [0.25, 0.3) is 0 Å². The van der Waals surface area contributed by atoms with Crippen LogP contribution in [0, 0.1) is 5.82 Å². The Bertz CT molecular complexity index is 603. The Hall–Kier alpha value is -1.39. The maximum Gasteiger partial charge on any atom is 0.124 e. The number of benzene rings is 2. The van der Waals surface area contributed by atoms with E-state index in [4.69, 9.17) is 4.74 Å². The van der Waals surface area contributed by atoms with Gasteiger partial charge in [-0.25, -0.2) is 4.39 Å². The summed E-state index contributed by atoms with van der Waals surface area (Å²) in [6.07, 6.45) is 0.699. The second-order valence-corrected chi connectivity index (χ2v) is 5.71. The van der Waals surface area contributed by atoms with E-state index in [0.717, 1.165) is 21.3 Å². The second-order valence-electron chi connectivity index (χ2n) is 4.79. The molecule has 2 nitrogen and oxygen atoms in total. The summed E-state index contributed by atoms with van der Waals surface area (Å²) >= 11 is 3.50. The topological polar surface area (TPSA) is 21.3 Å². The molecule has 1 unspecified atom stereocenters. The van der Waals surface area contributed by atoms with Crippen molar-refractivity contribution in [1.29, 1.82) is 0 Å². The van der Waals surface area contributed by atoms with Gasteiger partial charge in [-0.2, -0.15) is 0 Å². The predicted octanol–water partition coefficient (Wildman–Crippen LogP) is 4.49. The highest BCUT2D eigenvalue weighted by Gasteiger charge is 2.16. The van der Waals surface area contributed by atoms with Crippen molar-refractivity contribution in [1.82, 2.24) is 5.32 Å². The monoisotopic (exact) mass is 351 g/mol. The van der Waals surface area contributed by atoms with Gasteiger partial charge in [0.2, 0.25) is 0 Å². The van der Waals surface area contributed by atoms with Crippen molar-refractivity contribution in [2.24, 2.45) is 0 Å². The van der Waals surface area contributed by atoms with Crippen LogP contribution in [-0.2, 0) is 6.42 Å². The summed E-state index contributed by atoms with van der Waals surface area (Å²) in [4.78, 5) is 0. The number of rotatable bonds is 6. The summed E-state index contributed by atoms with van der Waals surface area (Å²) in [5.41, 5.74) is 2.02. The van der Waals surface area contributed by atoms with Crippen LogP contribution in [0.5, 0.6) is 5.75 Å². The minimum Gasteiger partial charge on any atom is -0.494 e. The van der Waals surface area contributed by atoms with Crippen LogP contribution >= 0.6 is 15.9 Å². The molecule has 0 aromatic heterocycles. The van der Waals surface area contributed by atoms with E-state index in [1.54, 1.807) is 12.1 Å². The van der Waals surface area contributed by atoms with Crippen LogP contribution in [0.2, 0.25) is 0 Å². The van der Waals surface area contributed by atoms with Gasteiger partial charge in [0.15, 0.2) is 0 Å². The molecule has 21 heavy (non-hydrogen) atoms. The highest BCUT2D eigenvalue weighted by atomic mass is 79.9. The number of nitrogens with one attached hydrogen (secondary N) is 1. The molecule has 0 aliphatic heterocycles. The van der Waals surface area contributed by atoms with Crippen molar-refractivity contribution in [2.75, 3.05) is 13.7 Å². The van der Waals surface area contributed by atoms with Crippen molar-refractivity contribution in [3.8, 4) is 5.75 Å². The van der Waals surface area contributed by atoms with Crippen molar-refractivity contribution < 1.29 is 9.13 Å². The molecule has 0 spiro atoms. The van der Waals surface area contributed by atoms with Crippen LogP contribution in [0.4, 0.5) is 4.39 Å². The lowest BCUT2D eigenvalue weighted by Gasteiger charge is -2.20. The molecule has 2 aromatic rings. The van der Waals surface area contributed by atoms with Crippen LogP contribution in [0.1, 0.15) is 24.1 Å².